The Kier molecular flexibility index (Phi) is 7.87. The molecule has 0 spiro atoms. The summed E-state index contributed by atoms with van der Waals surface area (Å²) in [7, 11) is 1.78. The zero-order valence-corrected chi connectivity index (χ0v) is 14.8. The molecule has 118 valence electrons. The first-order valence-corrected chi connectivity index (χ1v) is 9.21. The molecule has 1 atom stereocenters. The third-order valence-electron chi connectivity index (χ3n) is 3.66. The number of carbonyl (C=O) groups excluding carboxylic acids is 1. The van der Waals surface area contributed by atoms with Crippen molar-refractivity contribution < 1.29 is 9.53 Å². The molecule has 0 radical (unpaired) electrons. The molecule has 1 aromatic carbocycles. The molecule has 0 aliphatic carbocycles. The lowest BCUT2D eigenvalue weighted by Crippen LogP contribution is -2.30. The first-order chi connectivity index (χ1) is 9.97. The molecule has 1 unspecified atom stereocenters. The monoisotopic (exact) mass is 309 g/mol. The summed E-state index contributed by atoms with van der Waals surface area (Å²) < 4.78 is 4.76. The van der Waals surface area contributed by atoms with E-state index in [-0.39, 0.29) is 5.97 Å². The highest BCUT2D eigenvalue weighted by Gasteiger charge is 2.37. The molecular formula is C18H29O2S+. The van der Waals surface area contributed by atoms with Crippen molar-refractivity contribution >= 4 is 16.9 Å². The van der Waals surface area contributed by atoms with E-state index < -0.39 is 0 Å². The van der Waals surface area contributed by atoms with Crippen molar-refractivity contribution in [3.8, 4) is 0 Å². The lowest BCUT2D eigenvalue weighted by Gasteiger charge is -2.25. The van der Waals surface area contributed by atoms with Crippen molar-refractivity contribution in [1.29, 1.82) is 0 Å². The minimum Gasteiger partial charge on any atom is -0.469 e. The van der Waals surface area contributed by atoms with E-state index in [9.17, 15) is 4.79 Å². The SMILES string of the molecule is COC(=O)CCCC(c1ccccc1)[S+](C(C)C)C(C)C. The molecule has 3 heteroatoms. The molecule has 0 aliphatic rings. The lowest BCUT2D eigenvalue weighted by molar-refractivity contribution is -0.140. The van der Waals surface area contributed by atoms with Gasteiger partial charge in [0.25, 0.3) is 0 Å². The highest BCUT2D eigenvalue weighted by molar-refractivity contribution is 7.98. The second kappa shape index (κ2) is 9.14. The van der Waals surface area contributed by atoms with Crippen LogP contribution in [0.15, 0.2) is 30.3 Å². The minimum atomic E-state index is -0.101. The van der Waals surface area contributed by atoms with E-state index in [0.717, 1.165) is 12.8 Å². The topological polar surface area (TPSA) is 26.3 Å². The zero-order valence-electron chi connectivity index (χ0n) is 14.0. The Hall–Kier alpha value is -0.960. The fraction of sp³-hybridized carbons (Fsp3) is 0.611. The van der Waals surface area contributed by atoms with E-state index in [0.29, 0.717) is 33.1 Å². The van der Waals surface area contributed by atoms with Crippen LogP contribution in [0.5, 0.6) is 0 Å². The van der Waals surface area contributed by atoms with Crippen LogP contribution in [0.1, 0.15) is 57.8 Å². The molecule has 0 saturated carbocycles. The van der Waals surface area contributed by atoms with E-state index in [2.05, 4.69) is 58.0 Å². The molecule has 0 N–H and O–H groups in total. The van der Waals surface area contributed by atoms with Crippen LogP contribution in [-0.4, -0.2) is 23.6 Å². The predicted molar refractivity (Wildman–Crippen MR) is 92.7 cm³/mol. The second-order valence-electron chi connectivity index (χ2n) is 5.87. The molecule has 0 aliphatic heterocycles. The highest BCUT2D eigenvalue weighted by atomic mass is 32.2. The number of rotatable bonds is 8. The summed E-state index contributed by atoms with van der Waals surface area (Å²) in [6, 6.07) is 10.8. The van der Waals surface area contributed by atoms with Gasteiger partial charge in [0.15, 0.2) is 0 Å². The highest BCUT2D eigenvalue weighted by Crippen LogP contribution is 2.35. The van der Waals surface area contributed by atoms with Gasteiger partial charge in [0.05, 0.1) is 7.11 Å². The Morgan fingerprint density at radius 2 is 1.67 bits per heavy atom. The molecule has 0 bridgehead atoms. The Balaban J connectivity index is 2.86. The fourth-order valence-electron chi connectivity index (χ4n) is 2.86. The second-order valence-corrected chi connectivity index (χ2v) is 9.14. The van der Waals surface area contributed by atoms with Gasteiger partial charge in [0.2, 0.25) is 0 Å². The molecule has 21 heavy (non-hydrogen) atoms. The van der Waals surface area contributed by atoms with Crippen LogP contribution in [0.25, 0.3) is 0 Å². The van der Waals surface area contributed by atoms with Gasteiger partial charge in [-0.15, -0.1) is 0 Å². The van der Waals surface area contributed by atoms with Gasteiger partial charge < -0.3 is 4.74 Å². The fourth-order valence-corrected chi connectivity index (χ4v) is 6.18. The molecule has 1 rings (SSSR count). The maximum atomic E-state index is 11.3. The van der Waals surface area contributed by atoms with Crippen molar-refractivity contribution in [3.63, 3.8) is 0 Å². The van der Waals surface area contributed by atoms with Crippen LogP contribution in [0.2, 0.25) is 0 Å². The number of esters is 1. The van der Waals surface area contributed by atoms with Crippen LogP contribution in [0.3, 0.4) is 0 Å². The first kappa shape index (κ1) is 18.1. The number of hydrogen-bond acceptors (Lipinski definition) is 2. The van der Waals surface area contributed by atoms with Gasteiger partial charge in [0, 0.05) is 12.0 Å². The Morgan fingerprint density at radius 1 is 1.10 bits per heavy atom. The van der Waals surface area contributed by atoms with Crippen molar-refractivity contribution in [2.45, 2.75) is 62.7 Å². The lowest BCUT2D eigenvalue weighted by atomic mass is 10.1. The van der Waals surface area contributed by atoms with Gasteiger partial charge >= 0.3 is 5.97 Å². The average Bonchev–Trinajstić information content (AvgIpc) is 2.46. The number of methoxy groups -OCH3 is 1. The third-order valence-corrected chi connectivity index (χ3v) is 7.01. The van der Waals surface area contributed by atoms with E-state index in [1.54, 1.807) is 0 Å². The first-order valence-electron chi connectivity index (χ1n) is 7.79. The molecule has 0 amide bonds. The summed E-state index contributed by atoms with van der Waals surface area (Å²) in [5, 5.41) is 1.86. The summed E-state index contributed by atoms with van der Waals surface area (Å²) in [4.78, 5) is 11.3. The van der Waals surface area contributed by atoms with Crippen LogP contribution in [-0.2, 0) is 20.4 Å². The number of carbonyl (C=O) groups is 1. The number of hydrogen-bond donors (Lipinski definition) is 0. The summed E-state index contributed by atoms with van der Waals surface area (Å²) in [6.07, 6.45) is 2.47. The van der Waals surface area contributed by atoms with E-state index in [1.165, 1.54) is 12.7 Å². The zero-order chi connectivity index (χ0) is 15.8. The van der Waals surface area contributed by atoms with Crippen LogP contribution < -0.4 is 0 Å². The maximum absolute atomic E-state index is 11.3. The number of ether oxygens (including phenoxy) is 1. The number of benzene rings is 1. The van der Waals surface area contributed by atoms with Crippen molar-refractivity contribution in [2.24, 2.45) is 0 Å². The van der Waals surface area contributed by atoms with Gasteiger partial charge in [-0.2, -0.15) is 0 Å². The minimum absolute atomic E-state index is 0.101. The molecule has 0 fully saturated rings. The quantitative estimate of drug-likeness (QED) is 0.522. The summed E-state index contributed by atoms with van der Waals surface area (Å²) in [5.74, 6) is -0.101. The van der Waals surface area contributed by atoms with Crippen LogP contribution in [0.4, 0.5) is 0 Å². The van der Waals surface area contributed by atoms with Crippen molar-refractivity contribution in [1.82, 2.24) is 0 Å². The summed E-state index contributed by atoms with van der Waals surface area (Å²) in [5.41, 5.74) is 1.41. The van der Waals surface area contributed by atoms with Gasteiger partial charge in [0.1, 0.15) is 15.7 Å². The van der Waals surface area contributed by atoms with E-state index >= 15 is 0 Å². The van der Waals surface area contributed by atoms with Gasteiger partial charge in [-0.25, -0.2) is 0 Å². The molecular weight excluding hydrogens is 280 g/mol. The van der Waals surface area contributed by atoms with Crippen LogP contribution in [0, 0.1) is 0 Å². The normalized spacial score (nSPS) is 13.0. The summed E-state index contributed by atoms with van der Waals surface area (Å²) in [6.45, 7) is 9.28. The standard InChI is InChI=1S/C18H29O2S/c1-14(2)21(15(3)4)17(12-9-13-18(19)20-5)16-10-7-6-8-11-16/h6-8,10-11,14-15,17H,9,12-13H2,1-5H3/q+1. The van der Waals surface area contributed by atoms with Crippen molar-refractivity contribution in [3.05, 3.63) is 35.9 Å². The third kappa shape index (κ3) is 5.74. The molecule has 2 nitrogen and oxygen atoms in total. The van der Waals surface area contributed by atoms with Gasteiger partial charge in [-0.05, 0) is 51.4 Å². The molecule has 0 saturated heterocycles. The molecule has 0 aromatic heterocycles. The predicted octanol–water partition coefficient (Wildman–Crippen LogP) is 4.51. The smallest absolute Gasteiger partial charge is 0.305 e. The molecule has 0 heterocycles. The van der Waals surface area contributed by atoms with Crippen LogP contribution >= 0.6 is 0 Å². The van der Waals surface area contributed by atoms with Gasteiger partial charge in [-0.1, -0.05) is 30.3 Å². The Labute approximate surface area is 132 Å². The maximum Gasteiger partial charge on any atom is 0.305 e. The largest absolute Gasteiger partial charge is 0.469 e. The van der Waals surface area contributed by atoms with Crippen molar-refractivity contribution in [2.75, 3.05) is 7.11 Å². The van der Waals surface area contributed by atoms with E-state index in [4.69, 9.17) is 4.74 Å². The Bertz CT molecular complexity index is 406. The molecule has 1 aromatic rings. The average molecular weight is 309 g/mol. The summed E-state index contributed by atoms with van der Waals surface area (Å²) >= 11 is 0. The Morgan fingerprint density at radius 3 is 2.14 bits per heavy atom. The van der Waals surface area contributed by atoms with Gasteiger partial charge in [-0.3, -0.25) is 4.79 Å². The van der Waals surface area contributed by atoms with E-state index in [1.807, 2.05) is 0 Å².